The van der Waals surface area contributed by atoms with Crippen LogP contribution in [0.15, 0.2) is 41.8 Å². The van der Waals surface area contributed by atoms with Gasteiger partial charge in [0, 0.05) is 17.5 Å². The molecule has 0 amide bonds. The zero-order valence-electron chi connectivity index (χ0n) is 10.1. The molecule has 2 nitrogen and oxygen atoms in total. The lowest BCUT2D eigenvalue weighted by molar-refractivity contribution is 0.171. The van der Waals surface area contributed by atoms with E-state index in [1.54, 1.807) is 23.5 Å². The molecule has 0 saturated carbocycles. The standard InChI is InChI=1S/C14H16FNOS/c1-10(14-3-2-8-18-14)16-9-13(17)11-4-6-12(15)7-5-11/h2-8,10,13,16-17H,9H2,1H3/t10-,13?/m1/s1. The molecule has 4 heteroatoms. The lowest BCUT2D eigenvalue weighted by atomic mass is 10.1. The van der Waals surface area contributed by atoms with Crippen LogP contribution < -0.4 is 5.32 Å². The molecule has 0 spiro atoms. The number of hydrogen-bond acceptors (Lipinski definition) is 3. The first kappa shape index (κ1) is 13.2. The van der Waals surface area contributed by atoms with E-state index in [1.807, 2.05) is 11.4 Å². The highest BCUT2D eigenvalue weighted by molar-refractivity contribution is 7.10. The zero-order chi connectivity index (χ0) is 13.0. The summed E-state index contributed by atoms with van der Waals surface area (Å²) in [4.78, 5) is 1.24. The highest BCUT2D eigenvalue weighted by atomic mass is 32.1. The topological polar surface area (TPSA) is 32.3 Å². The van der Waals surface area contributed by atoms with E-state index < -0.39 is 6.10 Å². The molecule has 96 valence electrons. The van der Waals surface area contributed by atoms with E-state index in [1.165, 1.54) is 17.0 Å². The van der Waals surface area contributed by atoms with E-state index >= 15 is 0 Å². The van der Waals surface area contributed by atoms with Crippen LogP contribution in [-0.4, -0.2) is 11.7 Å². The van der Waals surface area contributed by atoms with Gasteiger partial charge in [-0.25, -0.2) is 4.39 Å². The van der Waals surface area contributed by atoms with Crippen LogP contribution >= 0.6 is 11.3 Å². The van der Waals surface area contributed by atoms with E-state index in [2.05, 4.69) is 18.3 Å². The van der Waals surface area contributed by atoms with Gasteiger partial charge in [-0.1, -0.05) is 18.2 Å². The highest BCUT2D eigenvalue weighted by Gasteiger charge is 2.11. The summed E-state index contributed by atoms with van der Waals surface area (Å²) >= 11 is 1.69. The molecule has 2 N–H and O–H groups in total. The number of halogens is 1. The molecule has 1 aromatic heterocycles. The number of aliphatic hydroxyl groups excluding tert-OH is 1. The van der Waals surface area contributed by atoms with Crippen molar-refractivity contribution in [2.45, 2.75) is 19.1 Å². The van der Waals surface area contributed by atoms with Crippen LogP contribution in [0.3, 0.4) is 0 Å². The van der Waals surface area contributed by atoms with Crippen molar-refractivity contribution in [1.29, 1.82) is 0 Å². The fourth-order valence-electron chi connectivity index (χ4n) is 1.73. The molecular formula is C14H16FNOS. The quantitative estimate of drug-likeness (QED) is 0.869. The van der Waals surface area contributed by atoms with E-state index in [9.17, 15) is 9.50 Å². The van der Waals surface area contributed by atoms with Gasteiger partial charge in [-0.2, -0.15) is 0 Å². The maximum atomic E-state index is 12.8. The summed E-state index contributed by atoms with van der Waals surface area (Å²) in [7, 11) is 0. The number of benzene rings is 1. The summed E-state index contributed by atoms with van der Waals surface area (Å²) in [5.41, 5.74) is 0.724. The molecule has 0 saturated heterocycles. The number of hydrogen-bond donors (Lipinski definition) is 2. The van der Waals surface area contributed by atoms with Crippen molar-refractivity contribution in [3.05, 3.63) is 58.0 Å². The number of thiophene rings is 1. The van der Waals surface area contributed by atoms with Gasteiger partial charge in [-0.05, 0) is 36.1 Å². The molecule has 0 radical (unpaired) electrons. The monoisotopic (exact) mass is 265 g/mol. The Balaban J connectivity index is 1.88. The van der Waals surface area contributed by atoms with Gasteiger partial charge < -0.3 is 10.4 Å². The van der Waals surface area contributed by atoms with Gasteiger partial charge in [0.05, 0.1) is 6.10 Å². The Morgan fingerprint density at radius 2 is 2.00 bits per heavy atom. The first-order valence-corrected chi connectivity index (χ1v) is 6.75. The molecule has 0 aliphatic heterocycles. The molecule has 2 atom stereocenters. The third-order valence-corrected chi connectivity index (χ3v) is 3.90. The lowest BCUT2D eigenvalue weighted by Crippen LogP contribution is -2.24. The van der Waals surface area contributed by atoms with E-state index in [0.717, 1.165) is 5.56 Å². The second-order valence-electron chi connectivity index (χ2n) is 4.21. The minimum Gasteiger partial charge on any atom is -0.387 e. The first-order valence-electron chi connectivity index (χ1n) is 5.87. The third-order valence-electron chi connectivity index (χ3n) is 2.84. The Morgan fingerprint density at radius 1 is 1.28 bits per heavy atom. The van der Waals surface area contributed by atoms with Crippen molar-refractivity contribution in [3.63, 3.8) is 0 Å². The van der Waals surface area contributed by atoms with Crippen molar-refractivity contribution >= 4 is 11.3 Å². The average molecular weight is 265 g/mol. The molecule has 1 aromatic carbocycles. The molecule has 2 aromatic rings. The largest absolute Gasteiger partial charge is 0.387 e. The van der Waals surface area contributed by atoms with E-state index in [4.69, 9.17) is 0 Å². The normalized spacial score (nSPS) is 14.4. The van der Waals surface area contributed by atoms with Gasteiger partial charge in [-0.15, -0.1) is 11.3 Å². The predicted octanol–water partition coefficient (Wildman–Crippen LogP) is 3.27. The molecule has 1 heterocycles. The van der Waals surface area contributed by atoms with Gasteiger partial charge in [0.2, 0.25) is 0 Å². The fourth-order valence-corrected chi connectivity index (χ4v) is 2.49. The van der Waals surface area contributed by atoms with Crippen LogP contribution in [0.4, 0.5) is 4.39 Å². The second-order valence-corrected chi connectivity index (χ2v) is 5.19. The Kier molecular flexibility index (Phi) is 4.47. The van der Waals surface area contributed by atoms with Crippen LogP contribution in [-0.2, 0) is 0 Å². The molecule has 0 fully saturated rings. The fraction of sp³-hybridized carbons (Fsp3) is 0.286. The Labute approximate surface area is 110 Å². The second kappa shape index (κ2) is 6.09. The molecule has 1 unspecified atom stereocenters. The third kappa shape index (κ3) is 3.38. The van der Waals surface area contributed by atoms with Gasteiger partial charge in [-0.3, -0.25) is 0 Å². The lowest BCUT2D eigenvalue weighted by Gasteiger charge is -2.16. The molecular weight excluding hydrogens is 249 g/mol. The Hall–Kier alpha value is -1.23. The van der Waals surface area contributed by atoms with Gasteiger partial charge in [0.1, 0.15) is 5.82 Å². The summed E-state index contributed by atoms with van der Waals surface area (Å²) in [6, 6.07) is 10.2. The zero-order valence-corrected chi connectivity index (χ0v) is 11.0. The number of aliphatic hydroxyl groups is 1. The smallest absolute Gasteiger partial charge is 0.123 e. The van der Waals surface area contributed by atoms with E-state index in [0.29, 0.717) is 6.54 Å². The average Bonchev–Trinajstić information content (AvgIpc) is 2.90. The summed E-state index contributed by atoms with van der Waals surface area (Å²) in [6.07, 6.45) is -0.618. The summed E-state index contributed by atoms with van der Waals surface area (Å²) in [5, 5.41) is 15.3. The van der Waals surface area contributed by atoms with E-state index in [-0.39, 0.29) is 11.9 Å². The predicted molar refractivity (Wildman–Crippen MR) is 72.1 cm³/mol. The van der Waals surface area contributed by atoms with Gasteiger partial charge in [0.15, 0.2) is 0 Å². The summed E-state index contributed by atoms with van der Waals surface area (Å²) in [6.45, 7) is 2.51. The maximum absolute atomic E-state index is 12.8. The highest BCUT2D eigenvalue weighted by Crippen LogP contribution is 2.19. The minimum absolute atomic E-state index is 0.208. The maximum Gasteiger partial charge on any atom is 0.123 e. The molecule has 2 rings (SSSR count). The Bertz CT molecular complexity index is 469. The number of nitrogens with one attached hydrogen (secondary N) is 1. The van der Waals surface area contributed by atoms with Crippen LogP contribution in [0.1, 0.15) is 29.5 Å². The van der Waals surface area contributed by atoms with Gasteiger partial charge in [0.25, 0.3) is 0 Å². The molecule has 18 heavy (non-hydrogen) atoms. The van der Waals surface area contributed by atoms with Crippen LogP contribution in [0.5, 0.6) is 0 Å². The minimum atomic E-state index is -0.618. The molecule has 0 aliphatic carbocycles. The molecule has 0 bridgehead atoms. The van der Waals surface area contributed by atoms with Crippen molar-refractivity contribution in [1.82, 2.24) is 5.32 Å². The van der Waals surface area contributed by atoms with Crippen molar-refractivity contribution in [2.24, 2.45) is 0 Å². The van der Waals surface area contributed by atoms with Crippen LogP contribution in [0.25, 0.3) is 0 Å². The van der Waals surface area contributed by atoms with Crippen molar-refractivity contribution in [2.75, 3.05) is 6.54 Å². The summed E-state index contributed by atoms with van der Waals surface area (Å²) < 4.78 is 12.8. The first-order chi connectivity index (χ1) is 8.66. The van der Waals surface area contributed by atoms with Crippen molar-refractivity contribution in [3.8, 4) is 0 Å². The van der Waals surface area contributed by atoms with Gasteiger partial charge >= 0.3 is 0 Å². The van der Waals surface area contributed by atoms with Crippen LogP contribution in [0.2, 0.25) is 0 Å². The Morgan fingerprint density at radius 3 is 2.61 bits per heavy atom. The van der Waals surface area contributed by atoms with Crippen LogP contribution in [0, 0.1) is 5.82 Å². The SMILES string of the molecule is C[C@@H](NCC(O)c1ccc(F)cc1)c1cccs1. The summed E-state index contributed by atoms with van der Waals surface area (Å²) in [5.74, 6) is -0.286. The molecule has 0 aliphatic rings. The number of rotatable bonds is 5. The van der Waals surface area contributed by atoms with Crippen molar-refractivity contribution < 1.29 is 9.50 Å².